The number of nitrogens with zero attached hydrogens (tertiary/aromatic N) is 5. The number of hydrogen-bond acceptors (Lipinski definition) is 4. The zero-order chi connectivity index (χ0) is 12.3. The smallest absolute Gasteiger partial charge is 0.247 e. The van der Waals surface area contributed by atoms with Crippen LogP contribution in [-0.2, 0) is 6.54 Å². The first kappa shape index (κ1) is 10.8. The van der Waals surface area contributed by atoms with Crippen LogP contribution in [0.5, 0.6) is 0 Å². The van der Waals surface area contributed by atoms with Crippen LogP contribution in [0.4, 0.5) is 4.39 Å². The Balaban J connectivity index is 2.25. The van der Waals surface area contributed by atoms with Crippen LogP contribution in [-0.4, -0.2) is 14.8 Å². The van der Waals surface area contributed by atoms with Gasteiger partial charge in [-0.3, -0.25) is 0 Å². The highest BCUT2D eigenvalue weighted by molar-refractivity contribution is 5.34. The quantitative estimate of drug-likeness (QED) is 0.772. The molecule has 0 atom stereocenters. The Kier molecular flexibility index (Phi) is 2.80. The first-order valence-corrected chi connectivity index (χ1v) is 4.71. The highest BCUT2D eigenvalue weighted by Crippen LogP contribution is 2.10. The van der Waals surface area contributed by atoms with Crippen molar-refractivity contribution >= 4 is 0 Å². The van der Waals surface area contributed by atoms with Crippen molar-refractivity contribution in [1.29, 1.82) is 10.5 Å². The molecule has 6 heteroatoms. The minimum Gasteiger partial charge on any atom is -0.247 e. The van der Waals surface area contributed by atoms with Gasteiger partial charge in [0, 0.05) is 0 Å². The van der Waals surface area contributed by atoms with Crippen molar-refractivity contribution in [3.8, 4) is 12.1 Å². The van der Waals surface area contributed by atoms with E-state index in [-0.39, 0.29) is 11.4 Å². The number of aromatic nitrogens is 3. The van der Waals surface area contributed by atoms with Gasteiger partial charge in [-0.05, 0) is 17.7 Å². The third-order valence-corrected chi connectivity index (χ3v) is 2.13. The summed E-state index contributed by atoms with van der Waals surface area (Å²) in [6.45, 7) is 0.337. The lowest BCUT2D eigenvalue weighted by atomic mass is 10.1. The van der Waals surface area contributed by atoms with E-state index in [4.69, 9.17) is 10.5 Å². The van der Waals surface area contributed by atoms with Crippen LogP contribution in [0.2, 0.25) is 0 Å². The van der Waals surface area contributed by atoms with Gasteiger partial charge in [0.15, 0.2) is 0 Å². The molecule has 0 N–H and O–H groups in total. The van der Waals surface area contributed by atoms with Gasteiger partial charge in [-0.15, -0.1) is 5.10 Å². The molecule has 5 nitrogen and oxygen atoms in total. The Morgan fingerprint density at radius 3 is 2.76 bits per heavy atom. The molecule has 0 saturated carbocycles. The summed E-state index contributed by atoms with van der Waals surface area (Å²) < 4.78 is 14.5. The lowest BCUT2D eigenvalue weighted by Crippen LogP contribution is -2.01. The average Bonchev–Trinajstić information content (AvgIpc) is 2.79. The van der Waals surface area contributed by atoms with Crippen molar-refractivity contribution in [2.75, 3.05) is 0 Å². The normalized spacial score (nSPS) is 9.59. The van der Waals surface area contributed by atoms with Gasteiger partial charge in [-0.1, -0.05) is 6.07 Å². The van der Waals surface area contributed by atoms with Crippen LogP contribution in [0.3, 0.4) is 0 Å². The Bertz CT molecular complexity index is 632. The lowest BCUT2D eigenvalue weighted by molar-refractivity contribution is 0.620. The van der Waals surface area contributed by atoms with Gasteiger partial charge in [-0.25, -0.2) is 14.1 Å². The summed E-state index contributed by atoms with van der Waals surface area (Å²) in [4.78, 5) is 3.74. The molecular formula is C11H6FN5. The van der Waals surface area contributed by atoms with Gasteiger partial charge in [0.05, 0.1) is 12.1 Å². The van der Waals surface area contributed by atoms with Gasteiger partial charge in [0.1, 0.15) is 24.3 Å². The molecule has 0 amide bonds. The van der Waals surface area contributed by atoms with E-state index < -0.39 is 5.82 Å². The Hall–Kier alpha value is -2.73. The maximum atomic E-state index is 13.1. The van der Waals surface area contributed by atoms with Gasteiger partial charge < -0.3 is 0 Å². The summed E-state index contributed by atoms with van der Waals surface area (Å²) in [5.74, 6) is -0.472. The zero-order valence-corrected chi connectivity index (χ0v) is 8.63. The number of halogens is 1. The molecule has 1 aromatic carbocycles. The Labute approximate surface area is 96.4 Å². The number of hydrogen-bond donors (Lipinski definition) is 0. The molecule has 2 rings (SSSR count). The van der Waals surface area contributed by atoms with Crippen LogP contribution in [0.25, 0.3) is 0 Å². The van der Waals surface area contributed by atoms with Crippen LogP contribution in [0, 0.1) is 28.5 Å². The van der Waals surface area contributed by atoms with Crippen molar-refractivity contribution < 1.29 is 4.39 Å². The van der Waals surface area contributed by atoms with Crippen LogP contribution < -0.4 is 0 Å². The topological polar surface area (TPSA) is 78.3 Å². The SMILES string of the molecule is N#Cc1ncn(Cc2ccc(F)c(C#N)c2)n1. The van der Waals surface area contributed by atoms with Gasteiger partial charge in [0.2, 0.25) is 0 Å². The molecule has 0 aliphatic heterocycles. The van der Waals surface area contributed by atoms with E-state index in [1.54, 1.807) is 12.1 Å². The summed E-state index contributed by atoms with van der Waals surface area (Å²) in [6, 6.07) is 7.81. The van der Waals surface area contributed by atoms with Crippen molar-refractivity contribution in [1.82, 2.24) is 14.8 Å². The second-order valence-corrected chi connectivity index (χ2v) is 3.30. The molecule has 1 heterocycles. The van der Waals surface area contributed by atoms with E-state index in [1.807, 2.05) is 6.07 Å². The summed E-state index contributed by atoms with van der Waals surface area (Å²) in [6.07, 6.45) is 1.41. The van der Waals surface area contributed by atoms with Gasteiger partial charge in [0.25, 0.3) is 5.82 Å². The van der Waals surface area contributed by atoms with E-state index in [0.29, 0.717) is 6.54 Å². The van der Waals surface area contributed by atoms with E-state index in [1.165, 1.54) is 23.1 Å². The number of benzene rings is 1. The summed E-state index contributed by atoms with van der Waals surface area (Å²) >= 11 is 0. The number of rotatable bonds is 2. The average molecular weight is 227 g/mol. The maximum Gasteiger partial charge on any atom is 0.252 e. The minimum absolute atomic E-state index is 0.0110. The monoisotopic (exact) mass is 227 g/mol. The van der Waals surface area contributed by atoms with Crippen LogP contribution >= 0.6 is 0 Å². The largest absolute Gasteiger partial charge is 0.252 e. The second kappa shape index (κ2) is 4.42. The molecule has 0 saturated heterocycles. The fourth-order valence-corrected chi connectivity index (χ4v) is 1.37. The van der Waals surface area contributed by atoms with Crippen molar-refractivity contribution in [3.63, 3.8) is 0 Å². The van der Waals surface area contributed by atoms with Crippen molar-refractivity contribution in [3.05, 3.63) is 47.3 Å². The number of nitriles is 2. The highest BCUT2D eigenvalue weighted by Gasteiger charge is 2.04. The summed E-state index contributed by atoms with van der Waals surface area (Å²) in [5.41, 5.74) is 0.709. The molecule has 0 aliphatic rings. The first-order valence-electron chi connectivity index (χ1n) is 4.71. The first-order chi connectivity index (χ1) is 8.22. The van der Waals surface area contributed by atoms with Crippen molar-refractivity contribution in [2.45, 2.75) is 6.54 Å². The molecule has 0 bridgehead atoms. The molecule has 0 aliphatic carbocycles. The van der Waals surface area contributed by atoms with E-state index in [0.717, 1.165) is 5.56 Å². The van der Waals surface area contributed by atoms with Crippen molar-refractivity contribution in [2.24, 2.45) is 0 Å². The Morgan fingerprint density at radius 1 is 1.29 bits per heavy atom. The lowest BCUT2D eigenvalue weighted by Gasteiger charge is -2.01. The third kappa shape index (κ3) is 2.27. The highest BCUT2D eigenvalue weighted by atomic mass is 19.1. The van der Waals surface area contributed by atoms with Crippen LogP contribution in [0.15, 0.2) is 24.5 Å². The fraction of sp³-hybridized carbons (Fsp3) is 0.0909. The van der Waals surface area contributed by atoms with E-state index >= 15 is 0 Å². The predicted molar refractivity (Wildman–Crippen MR) is 55.0 cm³/mol. The predicted octanol–water partition coefficient (Wildman–Crippen LogP) is 1.21. The molecule has 2 aromatic rings. The van der Waals surface area contributed by atoms with E-state index in [9.17, 15) is 4.39 Å². The van der Waals surface area contributed by atoms with Crippen LogP contribution in [0.1, 0.15) is 17.0 Å². The standard InChI is InChI=1S/C11H6FN5/c12-10-2-1-8(3-9(10)4-13)6-17-7-15-11(5-14)16-17/h1-3,7H,6H2. The van der Waals surface area contributed by atoms with Gasteiger partial charge >= 0.3 is 0 Å². The minimum atomic E-state index is -0.549. The summed E-state index contributed by atoms with van der Waals surface area (Å²) in [7, 11) is 0. The maximum absolute atomic E-state index is 13.1. The molecular weight excluding hydrogens is 221 g/mol. The van der Waals surface area contributed by atoms with Gasteiger partial charge in [-0.2, -0.15) is 10.5 Å². The molecule has 0 fully saturated rings. The molecule has 1 aromatic heterocycles. The molecule has 0 radical (unpaired) electrons. The Morgan fingerprint density at radius 2 is 2.12 bits per heavy atom. The fourth-order valence-electron chi connectivity index (χ4n) is 1.37. The second-order valence-electron chi connectivity index (χ2n) is 3.30. The molecule has 17 heavy (non-hydrogen) atoms. The zero-order valence-electron chi connectivity index (χ0n) is 8.63. The third-order valence-electron chi connectivity index (χ3n) is 2.13. The van der Waals surface area contributed by atoms with E-state index in [2.05, 4.69) is 10.1 Å². The molecule has 82 valence electrons. The molecule has 0 unspecified atom stereocenters. The molecule has 0 spiro atoms. The summed E-state index contributed by atoms with van der Waals surface area (Å²) in [5, 5.41) is 21.1.